The van der Waals surface area contributed by atoms with E-state index in [1.54, 1.807) is 6.92 Å². The molecule has 0 aromatic carbocycles. The summed E-state index contributed by atoms with van der Waals surface area (Å²) < 4.78 is 36.0. The third-order valence-corrected chi connectivity index (χ3v) is 8.06. The summed E-state index contributed by atoms with van der Waals surface area (Å²) in [7, 11) is -3.87. The minimum Gasteiger partial charge on any atom is -0.364 e. The SMILES string of the molecule is CCOC1[C@@H](NC(=O)CN2CCC[C@H](NS(=O)(=O)NC3CCCCC3)C2=O)CCCN1/C(N)=N/[N+](=O)[O-]. The van der Waals surface area contributed by atoms with Gasteiger partial charge < -0.3 is 25.6 Å². The topological polar surface area (TPSA) is 202 Å². The molecule has 3 aliphatic rings. The lowest BCUT2D eigenvalue weighted by Gasteiger charge is -2.41. The molecule has 2 amide bonds. The maximum absolute atomic E-state index is 13.0. The highest BCUT2D eigenvalue weighted by Gasteiger charge is 2.37. The number of hydrazone groups is 1. The smallest absolute Gasteiger partial charge is 0.277 e. The summed E-state index contributed by atoms with van der Waals surface area (Å²) in [6.07, 6.45) is 5.84. The molecule has 37 heavy (non-hydrogen) atoms. The van der Waals surface area contributed by atoms with E-state index in [-0.39, 0.29) is 25.2 Å². The van der Waals surface area contributed by atoms with E-state index < -0.39 is 45.4 Å². The molecular weight excluding hydrogens is 508 g/mol. The molecule has 16 heteroatoms. The lowest BCUT2D eigenvalue weighted by Crippen LogP contribution is -2.61. The summed E-state index contributed by atoms with van der Waals surface area (Å²) in [5.74, 6) is -1.21. The van der Waals surface area contributed by atoms with Crippen molar-refractivity contribution in [1.29, 1.82) is 0 Å². The molecule has 15 nitrogen and oxygen atoms in total. The lowest BCUT2D eigenvalue weighted by atomic mass is 9.96. The molecule has 1 unspecified atom stereocenters. The molecule has 0 spiro atoms. The van der Waals surface area contributed by atoms with Crippen LogP contribution in [-0.4, -0.2) is 91.6 Å². The Morgan fingerprint density at radius 1 is 1.14 bits per heavy atom. The van der Waals surface area contributed by atoms with Gasteiger partial charge in [0.25, 0.3) is 16.2 Å². The first kappa shape index (κ1) is 29.0. The molecule has 3 rings (SSSR count). The number of ether oxygens (including phenoxy) is 1. The molecule has 2 heterocycles. The van der Waals surface area contributed by atoms with E-state index in [0.717, 1.165) is 32.1 Å². The van der Waals surface area contributed by atoms with Crippen LogP contribution in [0.3, 0.4) is 0 Å². The fourth-order valence-electron chi connectivity index (χ4n) is 5.17. The van der Waals surface area contributed by atoms with Crippen LogP contribution in [0.2, 0.25) is 0 Å². The summed E-state index contributed by atoms with van der Waals surface area (Å²) in [5.41, 5.74) is 5.78. The molecule has 0 aromatic heterocycles. The first-order valence-corrected chi connectivity index (χ1v) is 14.3. The Morgan fingerprint density at radius 2 is 1.84 bits per heavy atom. The van der Waals surface area contributed by atoms with Crippen molar-refractivity contribution in [1.82, 2.24) is 24.6 Å². The minimum absolute atomic E-state index is 0.135. The molecule has 210 valence electrons. The van der Waals surface area contributed by atoms with E-state index >= 15 is 0 Å². The zero-order valence-electron chi connectivity index (χ0n) is 21.1. The number of hydrogen-bond acceptors (Lipinski definition) is 7. The first-order chi connectivity index (χ1) is 17.6. The van der Waals surface area contributed by atoms with Gasteiger partial charge in [-0.3, -0.25) is 9.59 Å². The summed E-state index contributed by atoms with van der Waals surface area (Å²) in [6, 6.07) is -1.61. The molecule has 0 bridgehead atoms. The maximum Gasteiger partial charge on any atom is 0.277 e. The van der Waals surface area contributed by atoms with Crippen molar-refractivity contribution in [2.75, 3.05) is 26.2 Å². The van der Waals surface area contributed by atoms with Gasteiger partial charge >= 0.3 is 0 Å². The van der Waals surface area contributed by atoms with Crippen LogP contribution in [0.1, 0.15) is 64.7 Å². The van der Waals surface area contributed by atoms with Gasteiger partial charge in [0, 0.05) is 25.7 Å². The van der Waals surface area contributed by atoms with Crippen LogP contribution in [0.15, 0.2) is 5.10 Å². The predicted molar refractivity (Wildman–Crippen MR) is 134 cm³/mol. The standard InChI is InChI=1S/C21H38N8O7S/c1-2-36-20-17(11-7-13-28(20)21(22)24-29(32)33)23-18(30)14-27-12-6-10-16(19(27)31)26-37(34,35)25-15-8-4-3-5-9-15/h15-17,20,25-26H,2-14H2,1H3,(H2,22,24)(H,23,30)/t16-,17-,20?/m0/s1. The highest BCUT2D eigenvalue weighted by atomic mass is 32.2. The zero-order chi connectivity index (χ0) is 27.0. The van der Waals surface area contributed by atoms with Gasteiger partial charge in [0.05, 0.1) is 12.6 Å². The second-order valence-electron chi connectivity index (χ2n) is 9.58. The lowest BCUT2D eigenvalue weighted by molar-refractivity contribution is -0.486. The van der Waals surface area contributed by atoms with Crippen molar-refractivity contribution in [3.63, 3.8) is 0 Å². The quantitative estimate of drug-likeness (QED) is 0.117. The Kier molecular flexibility index (Phi) is 10.4. The van der Waals surface area contributed by atoms with Gasteiger partial charge in [-0.05, 0) is 45.4 Å². The van der Waals surface area contributed by atoms with Crippen molar-refractivity contribution >= 4 is 28.0 Å². The number of nitrogens with zero attached hydrogens (tertiary/aromatic N) is 4. The number of nitrogens with one attached hydrogen (secondary N) is 3. The van der Waals surface area contributed by atoms with Crippen molar-refractivity contribution in [3.05, 3.63) is 10.1 Å². The highest BCUT2D eigenvalue weighted by molar-refractivity contribution is 7.87. The molecule has 1 saturated carbocycles. The number of amides is 2. The third kappa shape index (κ3) is 8.48. The number of guanidine groups is 1. The van der Waals surface area contributed by atoms with Crippen LogP contribution in [0, 0.1) is 10.1 Å². The number of rotatable bonds is 10. The normalized spacial score (nSPS) is 26.2. The van der Waals surface area contributed by atoms with Gasteiger partial charge in [-0.1, -0.05) is 19.3 Å². The number of likely N-dealkylation sites (tertiary alicyclic amines) is 2. The number of carbonyl (C=O) groups is 2. The van der Waals surface area contributed by atoms with Crippen LogP contribution in [-0.2, 0) is 24.5 Å². The summed E-state index contributed by atoms with van der Waals surface area (Å²) in [4.78, 5) is 39.4. The van der Waals surface area contributed by atoms with E-state index in [2.05, 4.69) is 19.9 Å². The van der Waals surface area contributed by atoms with Gasteiger partial charge in [0.1, 0.15) is 11.1 Å². The number of carbonyl (C=O) groups excluding carboxylic acids is 2. The van der Waals surface area contributed by atoms with Crippen molar-refractivity contribution in [2.45, 2.75) is 89.1 Å². The van der Waals surface area contributed by atoms with Gasteiger partial charge in [-0.15, -0.1) is 0 Å². The second kappa shape index (κ2) is 13.3. The second-order valence-corrected chi connectivity index (χ2v) is 11.1. The average molecular weight is 547 g/mol. The fraction of sp³-hybridized carbons (Fsp3) is 0.857. The summed E-state index contributed by atoms with van der Waals surface area (Å²) in [6.45, 7) is 2.49. The van der Waals surface area contributed by atoms with Gasteiger partial charge in [-0.2, -0.15) is 17.9 Å². The predicted octanol–water partition coefficient (Wildman–Crippen LogP) is -0.816. The number of nitrogens with two attached hydrogens (primary N) is 1. The van der Waals surface area contributed by atoms with Crippen LogP contribution in [0.4, 0.5) is 0 Å². The fourth-order valence-corrected chi connectivity index (χ4v) is 6.50. The monoisotopic (exact) mass is 546 g/mol. The maximum atomic E-state index is 13.0. The van der Waals surface area contributed by atoms with Crippen molar-refractivity contribution in [2.24, 2.45) is 10.8 Å². The number of piperidine rings is 2. The van der Waals surface area contributed by atoms with Gasteiger partial charge in [0.2, 0.25) is 11.8 Å². The van der Waals surface area contributed by atoms with Crippen LogP contribution >= 0.6 is 0 Å². The van der Waals surface area contributed by atoms with Crippen LogP contribution in [0.25, 0.3) is 0 Å². The Hall–Kier alpha value is -2.56. The van der Waals surface area contributed by atoms with Gasteiger partial charge in [-0.25, -0.2) is 10.1 Å². The molecule has 2 aliphatic heterocycles. The minimum atomic E-state index is -3.87. The van der Waals surface area contributed by atoms with E-state index in [1.807, 2.05) is 0 Å². The van der Waals surface area contributed by atoms with E-state index in [9.17, 15) is 28.1 Å². The largest absolute Gasteiger partial charge is 0.364 e. The van der Waals surface area contributed by atoms with Crippen LogP contribution < -0.4 is 20.5 Å². The molecule has 0 radical (unpaired) electrons. The number of hydrogen-bond donors (Lipinski definition) is 4. The van der Waals surface area contributed by atoms with E-state index in [0.29, 0.717) is 38.8 Å². The molecule has 1 aliphatic carbocycles. The van der Waals surface area contributed by atoms with E-state index in [4.69, 9.17) is 10.5 Å². The molecule has 3 atom stereocenters. The third-order valence-electron chi connectivity index (χ3n) is 6.82. The zero-order valence-corrected chi connectivity index (χ0v) is 22.0. The Morgan fingerprint density at radius 3 is 2.51 bits per heavy atom. The highest BCUT2D eigenvalue weighted by Crippen LogP contribution is 2.20. The Labute approximate surface area is 216 Å². The molecule has 2 saturated heterocycles. The summed E-state index contributed by atoms with van der Waals surface area (Å²) in [5, 5.41) is 15.9. The van der Waals surface area contributed by atoms with E-state index in [1.165, 1.54) is 9.80 Å². The first-order valence-electron chi connectivity index (χ1n) is 12.8. The Bertz CT molecular complexity index is 957. The molecule has 3 fully saturated rings. The van der Waals surface area contributed by atoms with Crippen molar-refractivity contribution < 1.29 is 27.8 Å². The molecular formula is C21H38N8O7S. The van der Waals surface area contributed by atoms with Gasteiger partial charge in [0.15, 0.2) is 11.3 Å². The Balaban J connectivity index is 1.58. The van der Waals surface area contributed by atoms with Crippen LogP contribution in [0.5, 0.6) is 0 Å². The average Bonchev–Trinajstić information content (AvgIpc) is 2.82. The van der Waals surface area contributed by atoms with Crippen molar-refractivity contribution in [3.8, 4) is 0 Å². The molecule has 5 N–H and O–H groups in total. The number of nitro groups is 1. The molecule has 0 aromatic rings. The summed E-state index contributed by atoms with van der Waals surface area (Å²) >= 11 is 0.